The lowest BCUT2D eigenvalue weighted by molar-refractivity contribution is 0.501. The molecule has 2 aromatic heterocycles. The first-order valence-corrected chi connectivity index (χ1v) is 7.80. The van der Waals surface area contributed by atoms with E-state index in [4.69, 9.17) is 0 Å². The minimum atomic E-state index is -0.101. The van der Waals surface area contributed by atoms with Gasteiger partial charge in [-0.05, 0) is 47.6 Å². The van der Waals surface area contributed by atoms with Crippen LogP contribution in [-0.4, -0.2) is 16.3 Å². The first-order chi connectivity index (χ1) is 9.09. The second kappa shape index (κ2) is 6.34. The molecule has 0 spiro atoms. The van der Waals surface area contributed by atoms with Crippen molar-refractivity contribution in [2.75, 3.05) is 11.9 Å². The van der Waals surface area contributed by atoms with Crippen LogP contribution in [-0.2, 0) is 6.42 Å². The summed E-state index contributed by atoms with van der Waals surface area (Å²) in [7, 11) is 0. The molecular formula is C13H16BrN3OS. The predicted molar refractivity (Wildman–Crippen MR) is 83.1 cm³/mol. The SMILES string of the molecule is CC(C)n1ncc(NCCc2cccs2)c(Br)c1=O. The van der Waals surface area contributed by atoms with Gasteiger partial charge < -0.3 is 5.32 Å². The highest BCUT2D eigenvalue weighted by Crippen LogP contribution is 2.17. The van der Waals surface area contributed by atoms with Crippen LogP contribution in [0.15, 0.2) is 33.0 Å². The molecule has 0 saturated heterocycles. The number of thiophene rings is 1. The minimum Gasteiger partial charge on any atom is -0.382 e. The van der Waals surface area contributed by atoms with Crippen LogP contribution in [0.3, 0.4) is 0 Å². The lowest BCUT2D eigenvalue weighted by atomic mass is 10.3. The molecule has 0 amide bonds. The van der Waals surface area contributed by atoms with Crippen molar-refractivity contribution in [2.45, 2.75) is 26.3 Å². The van der Waals surface area contributed by atoms with Crippen molar-refractivity contribution >= 4 is 33.0 Å². The number of hydrogen-bond acceptors (Lipinski definition) is 4. The molecule has 0 radical (unpaired) electrons. The molecule has 2 heterocycles. The third kappa shape index (κ3) is 3.45. The fourth-order valence-corrected chi connectivity index (χ4v) is 2.84. The monoisotopic (exact) mass is 341 g/mol. The molecule has 0 atom stereocenters. The normalized spacial score (nSPS) is 10.9. The maximum absolute atomic E-state index is 12.0. The second-order valence-corrected chi connectivity index (χ2v) is 6.30. The third-order valence-corrected chi connectivity index (χ3v) is 4.40. The Balaban J connectivity index is 2.05. The van der Waals surface area contributed by atoms with Crippen molar-refractivity contribution in [3.63, 3.8) is 0 Å². The second-order valence-electron chi connectivity index (χ2n) is 4.47. The summed E-state index contributed by atoms with van der Waals surface area (Å²) in [6.07, 6.45) is 2.64. The van der Waals surface area contributed by atoms with Crippen molar-refractivity contribution < 1.29 is 0 Å². The fourth-order valence-electron chi connectivity index (χ4n) is 1.71. The van der Waals surface area contributed by atoms with Gasteiger partial charge in [-0.2, -0.15) is 5.10 Å². The van der Waals surface area contributed by atoms with Crippen molar-refractivity contribution in [1.29, 1.82) is 0 Å². The molecule has 2 rings (SSSR count). The summed E-state index contributed by atoms with van der Waals surface area (Å²) in [5.74, 6) is 0. The Bertz CT molecular complexity index is 592. The van der Waals surface area contributed by atoms with Gasteiger partial charge in [-0.25, -0.2) is 4.68 Å². The van der Waals surface area contributed by atoms with Crippen LogP contribution in [0.2, 0.25) is 0 Å². The number of nitrogens with one attached hydrogen (secondary N) is 1. The molecule has 102 valence electrons. The van der Waals surface area contributed by atoms with Gasteiger partial charge >= 0.3 is 0 Å². The van der Waals surface area contributed by atoms with E-state index in [1.165, 1.54) is 9.56 Å². The van der Waals surface area contributed by atoms with Crippen LogP contribution in [0.25, 0.3) is 0 Å². The van der Waals surface area contributed by atoms with E-state index in [2.05, 4.69) is 37.8 Å². The Labute approximate surface area is 124 Å². The smallest absolute Gasteiger partial charge is 0.283 e. The molecule has 0 aliphatic carbocycles. The van der Waals surface area contributed by atoms with Gasteiger partial charge in [-0.15, -0.1) is 11.3 Å². The summed E-state index contributed by atoms with van der Waals surface area (Å²) in [6, 6.07) is 4.21. The highest BCUT2D eigenvalue weighted by Gasteiger charge is 2.10. The van der Waals surface area contributed by atoms with Gasteiger partial charge in [0, 0.05) is 11.4 Å². The summed E-state index contributed by atoms with van der Waals surface area (Å²) in [6.45, 7) is 4.65. The van der Waals surface area contributed by atoms with Crippen LogP contribution < -0.4 is 10.9 Å². The number of rotatable bonds is 5. The predicted octanol–water partition coefficient (Wildman–Crippen LogP) is 3.30. The largest absolute Gasteiger partial charge is 0.382 e. The molecule has 0 aliphatic rings. The van der Waals surface area contributed by atoms with Crippen molar-refractivity contribution in [3.05, 3.63) is 43.4 Å². The summed E-state index contributed by atoms with van der Waals surface area (Å²) in [4.78, 5) is 13.4. The number of hydrogen-bond donors (Lipinski definition) is 1. The fraction of sp³-hybridized carbons (Fsp3) is 0.385. The number of aromatic nitrogens is 2. The molecule has 6 heteroatoms. The number of anilines is 1. The van der Waals surface area contributed by atoms with Gasteiger partial charge in [0.2, 0.25) is 0 Å². The Kier molecular flexibility index (Phi) is 4.76. The van der Waals surface area contributed by atoms with E-state index in [0.717, 1.165) is 18.7 Å². The van der Waals surface area contributed by atoms with E-state index in [1.54, 1.807) is 17.5 Å². The highest BCUT2D eigenvalue weighted by molar-refractivity contribution is 9.10. The van der Waals surface area contributed by atoms with Gasteiger partial charge in [0.1, 0.15) is 4.47 Å². The average molecular weight is 342 g/mol. The molecule has 0 aliphatic heterocycles. The van der Waals surface area contributed by atoms with Crippen molar-refractivity contribution in [3.8, 4) is 0 Å². The summed E-state index contributed by atoms with van der Waals surface area (Å²) >= 11 is 5.08. The zero-order valence-corrected chi connectivity index (χ0v) is 13.3. The molecule has 0 unspecified atom stereocenters. The summed E-state index contributed by atoms with van der Waals surface area (Å²) in [5, 5.41) is 9.48. The molecule has 0 bridgehead atoms. The quantitative estimate of drug-likeness (QED) is 0.907. The maximum atomic E-state index is 12.0. The summed E-state index contributed by atoms with van der Waals surface area (Å²) < 4.78 is 2.01. The lowest BCUT2D eigenvalue weighted by Gasteiger charge is -2.12. The molecule has 1 N–H and O–H groups in total. The van der Waals surface area contributed by atoms with E-state index >= 15 is 0 Å². The number of nitrogens with zero attached hydrogens (tertiary/aromatic N) is 2. The van der Waals surface area contributed by atoms with Crippen molar-refractivity contribution in [2.24, 2.45) is 0 Å². The highest BCUT2D eigenvalue weighted by atomic mass is 79.9. The van der Waals surface area contributed by atoms with Crippen LogP contribution in [0.4, 0.5) is 5.69 Å². The minimum absolute atomic E-state index is 0.0592. The Hall–Kier alpha value is -1.14. The van der Waals surface area contributed by atoms with Crippen LogP contribution >= 0.6 is 27.3 Å². The molecule has 19 heavy (non-hydrogen) atoms. The van der Waals surface area contributed by atoms with E-state index in [1.807, 2.05) is 19.9 Å². The van der Waals surface area contributed by atoms with Gasteiger partial charge in [0.25, 0.3) is 5.56 Å². The molecule has 0 saturated carbocycles. The van der Waals surface area contributed by atoms with Gasteiger partial charge in [0.15, 0.2) is 0 Å². The zero-order chi connectivity index (χ0) is 13.8. The van der Waals surface area contributed by atoms with E-state index in [9.17, 15) is 4.79 Å². The zero-order valence-electron chi connectivity index (χ0n) is 10.9. The summed E-state index contributed by atoms with van der Waals surface area (Å²) in [5.41, 5.74) is 0.648. The maximum Gasteiger partial charge on any atom is 0.283 e. The molecule has 0 aromatic carbocycles. The Morgan fingerprint density at radius 3 is 2.95 bits per heavy atom. The molecular weight excluding hydrogens is 326 g/mol. The first-order valence-electron chi connectivity index (χ1n) is 6.13. The third-order valence-electron chi connectivity index (χ3n) is 2.70. The van der Waals surface area contributed by atoms with Crippen LogP contribution in [0, 0.1) is 0 Å². The van der Waals surface area contributed by atoms with Crippen molar-refractivity contribution in [1.82, 2.24) is 9.78 Å². The first kappa shape index (κ1) is 14.3. The Morgan fingerprint density at radius 2 is 2.32 bits per heavy atom. The topological polar surface area (TPSA) is 46.9 Å². The van der Waals surface area contributed by atoms with E-state index < -0.39 is 0 Å². The molecule has 2 aromatic rings. The lowest BCUT2D eigenvalue weighted by Crippen LogP contribution is -2.26. The van der Waals surface area contributed by atoms with Crippen LogP contribution in [0.5, 0.6) is 0 Å². The number of halogens is 1. The average Bonchev–Trinajstić information content (AvgIpc) is 2.87. The van der Waals surface area contributed by atoms with Gasteiger partial charge in [0.05, 0.1) is 17.9 Å². The van der Waals surface area contributed by atoms with E-state index in [0.29, 0.717) is 4.47 Å². The van der Waals surface area contributed by atoms with Gasteiger partial charge in [-0.3, -0.25) is 4.79 Å². The van der Waals surface area contributed by atoms with Crippen LogP contribution in [0.1, 0.15) is 24.8 Å². The van der Waals surface area contributed by atoms with Gasteiger partial charge in [-0.1, -0.05) is 6.07 Å². The molecule has 4 nitrogen and oxygen atoms in total. The van der Waals surface area contributed by atoms with E-state index in [-0.39, 0.29) is 11.6 Å². The Morgan fingerprint density at radius 1 is 1.53 bits per heavy atom. The standard InChI is InChI=1S/C13H16BrN3OS/c1-9(2)17-13(18)12(14)11(8-16-17)15-6-5-10-4-3-7-19-10/h3-4,7-9,15H,5-6H2,1-2H3. The molecule has 0 fully saturated rings.